The molecule has 1 spiro atoms. The van der Waals surface area contributed by atoms with Crippen molar-refractivity contribution in [1.82, 2.24) is 0 Å². The van der Waals surface area contributed by atoms with Crippen LogP contribution in [0, 0.1) is 22.2 Å². The molecule has 5 nitrogen and oxygen atoms in total. The SMILES string of the molecule is C=C[C@]1(O)[C@]2(C=CC[C@@H]2OCC[Si](C)(C)C)[C@H](OC)C[C@@H]2C(C)(C)[C@@H](OCc3ccc(OC)cc3)CC[C@]21C. The maximum Gasteiger partial charge on any atom is 0.118 e. The molecule has 0 amide bonds. The van der Waals surface area contributed by atoms with Crippen LogP contribution in [0.3, 0.4) is 0 Å². The fraction of sp³-hybridized carbons (Fsp3) is 0.697. The van der Waals surface area contributed by atoms with Crippen LogP contribution in [-0.4, -0.2) is 57.9 Å². The number of hydrogen-bond donors (Lipinski definition) is 1. The van der Waals surface area contributed by atoms with E-state index in [1.807, 2.05) is 18.2 Å². The van der Waals surface area contributed by atoms with Crippen LogP contribution in [0.4, 0.5) is 0 Å². The first-order valence-corrected chi connectivity index (χ1v) is 18.4. The summed E-state index contributed by atoms with van der Waals surface area (Å²) in [6.07, 6.45) is 9.35. The van der Waals surface area contributed by atoms with E-state index in [4.69, 9.17) is 18.9 Å². The third-order valence-corrected chi connectivity index (χ3v) is 12.3. The van der Waals surface area contributed by atoms with Gasteiger partial charge in [-0.2, -0.15) is 0 Å². The van der Waals surface area contributed by atoms with Crippen molar-refractivity contribution >= 4 is 8.07 Å². The monoisotopic (exact) mass is 556 g/mol. The Balaban J connectivity index is 1.62. The average molecular weight is 557 g/mol. The first kappa shape index (κ1) is 30.5. The molecule has 3 aliphatic carbocycles. The van der Waals surface area contributed by atoms with E-state index >= 15 is 0 Å². The van der Waals surface area contributed by atoms with E-state index in [0.717, 1.165) is 49.6 Å². The molecule has 1 aromatic rings. The first-order valence-electron chi connectivity index (χ1n) is 14.7. The second kappa shape index (κ2) is 11.1. The van der Waals surface area contributed by atoms with Gasteiger partial charge in [0.1, 0.15) is 11.4 Å². The van der Waals surface area contributed by atoms with Crippen molar-refractivity contribution in [1.29, 1.82) is 0 Å². The molecule has 0 saturated heterocycles. The van der Waals surface area contributed by atoms with Gasteiger partial charge < -0.3 is 24.1 Å². The van der Waals surface area contributed by atoms with Gasteiger partial charge in [0.2, 0.25) is 0 Å². The third kappa shape index (κ3) is 5.10. The Kier molecular flexibility index (Phi) is 8.68. The topological polar surface area (TPSA) is 57.2 Å². The normalized spacial score (nSPS) is 37.6. The number of ether oxygens (including phenoxy) is 4. The maximum absolute atomic E-state index is 12.9. The molecular formula is C33H52O5Si. The van der Waals surface area contributed by atoms with E-state index in [0.29, 0.717) is 6.61 Å². The van der Waals surface area contributed by atoms with Gasteiger partial charge in [-0.05, 0) is 60.8 Å². The van der Waals surface area contributed by atoms with Crippen LogP contribution in [0.2, 0.25) is 25.7 Å². The molecule has 218 valence electrons. The second-order valence-electron chi connectivity index (χ2n) is 14.1. The number of fused-ring (bicyclic) bond motifs is 1. The summed E-state index contributed by atoms with van der Waals surface area (Å²) in [5, 5.41) is 12.9. The number of aliphatic hydroxyl groups is 1. The van der Waals surface area contributed by atoms with Crippen molar-refractivity contribution in [2.75, 3.05) is 20.8 Å². The summed E-state index contributed by atoms with van der Waals surface area (Å²) in [4.78, 5) is 0. The molecular weight excluding hydrogens is 504 g/mol. The molecule has 6 heteroatoms. The molecule has 3 aliphatic rings. The minimum atomic E-state index is -1.25. The lowest BCUT2D eigenvalue weighted by atomic mass is 9.39. The number of hydrogen-bond acceptors (Lipinski definition) is 5. The molecule has 1 N–H and O–H groups in total. The Morgan fingerprint density at radius 2 is 1.72 bits per heavy atom. The van der Waals surface area contributed by atoms with Crippen LogP contribution in [0.15, 0.2) is 49.1 Å². The van der Waals surface area contributed by atoms with Crippen LogP contribution in [0.1, 0.15) is 52.0 Å². The summed E-state index contributed by atoms with van der Waals surface area (Å²) in [5.41, 5.74) is -1.29. The lowest BCUT2D eigenvalue weighted by molar-refractivity contribution is -0.288. The quantitative estimate of drug-likeness (QED) is 0.248. The molecule has 0 heterocycles. The van der Waals surface area contributed by atoms with Gasteiger partial charge in [0.05, 0.1) is 37.4 Å². The van der Waals surface area contributed by atoms with Crippen molar-refractivity contribution in [3.05, 3.63) is 54.6 Å². The predicted octanol–water partition coefficient (Wildman–Crippen LogP) is 7.03. The first-order chi connectivity index (χ1) is 18.3. The molecule has 1 aromatic carbocycles. The Labute approximate surface area is 238 Å². The van der Waals surface area contributed by atoms with Gasteiger partial charge >= 0.3 is 0 Å². The van der Waals surface area contributed by atoms with Gasteiger partial charge in [-0.15, -0.1) is 6.58 Å². The Morgan fingerprint density at radius 1 is 1.03 bits per heavy atom. The van der Waals surface area contributed by atoms with Crippen molar-refractivity contribution in [2.45, 2.75) is 103 Å². The zero-order chi connectivity index (χ0) is 28.7. The van der Waals surface area contributed by atoms with Gasteiger partial charge in [0.25, 0.3) is 0 Å². The van der Waals surface area contributed by atoms with Crippen LogP contribution >= 0.6 is 0 Å². The van der Waals surface area contributed by atoms with E-state index in [9.17, 15) is 5.11 Å². The minimum Gasteiger partial charge on any atom is -0.497 e. The number of methoxy groups -OCH3 is 2. The van der Waals surface area contributed by atoms with E-state index in [-0.39, 0.29) is 29.6 Å². The fourth-order valence-corrected chi connectivity index (χ4v) is 8.93. The van der Waals surface area contributed by atoms with Crippen LogP contribution in [-0.2, 0) is 20.8 Å². The number of rotatable bonds is 10. The molecule has 0 radical (unpaired) electrons. The highest BCUT2D eigenvalue weighted by Crippen LogP contribution is 2.69. The highest BCUT2D eigenvalue weighted by molar-refractivity contribution is 6.76. The van der Waals surface area contributed by atoms with Crippen LogP contribution in [0.25, 0.3) is 0 Å². The number of benzene rings is 1. The minimum absolute atomic E-state index is 0.0706. The summed E-state index contributed by atoms with van der Waals surface area (Å²) in [7, 11) is 2.23. The lowest BCUT2D eigenvalue weighted by Crippen LogP contribution is -2.74. The molecule has 39 heavy (non-hydrogen) atoms. The molecule has 2 saturated carbocycles. The summed E-state index contributed by atoms with van der Waals surface area (Å²) >= 11 is 0. The van der Waals surface area contributed by atoms with Crippen molar-refractivity contribution in [3.8, 4) is 5.75 Å². The zero-order valence-corrected chi connectivity index (χ0v) is 26.6. The zero-order valence-electron chi connectivity index (χ0n) is 25.6. The molecule has 2 fully saturated rings. The molecule has 0 aromatic heterocycles. The Bertz CT molecular complexity index is 1030. The lowest BCUT2D eigenvalue weighted by Gasteiger charge is -2.69. The van der Waals surface area contributed by atoms with Crippen molar-refractivity contribution in [2.24, 2.45) is 22.2 Å². The largest absolute Gasteiger partial charge is 0.497 e. The van der Waals surface area contributed by atoms with Crippen LogP contribution < -0.4 is 4.74 Å². The van der Waals surface area contributed by atoms with Crippen molar-refractivity contribution in [3.63, 3.8) is 0 Å². The van der Waals surface area contributed by atoms with Crippen LogP contribution in [0.5, 0.6) is 5.75 Å². The van der Waals surface area contributed by atoms with E-state index in [1.165, 1.54) is 0 Å². The highest BCUT2D eigenvalue weighted by atomic mass is 28.3. The van der Waals surface area contributed by atoms with Crippen molar-refractivity contribution < 1.29 is 24.1 Å². The molecule has 4 rings (SSSR count). The van der Waals surface area contributed by atoms with E-state index in [1.54, 1.807) is 14.2 Å². The molecule has 0 bridgehead atoms. The van der Waals surface area contributed by atoms with Gasteiger partial charge in [-0.3, -0.25) is 0 Å². The summed E-state index contributed by atoms with van der Waals surface area (Å²) in [6, 6.07) is 9.19. The Hall–Kier alpha value is -1.44. The third-order valence-electron chi connectivity index (χ3n) is 10.6. The summed E-state index contributed by atoms with van der Waals surface area (Å²) in [5.74, 6) is 1.02. The van der Waals surface area contributed by atoms with Gasteiger partial charge in [-0.1, -0.05) is 70.8 Å². The second-order valence-corrected chi connectivity index (χ2v) is 19.8. The van der Waals surface area contributed by atoms with E-state index < -0.39 is 24.5 Å². The standard InChI is InChI=1S/C33H52O5Si/c1-10-33(34)31(4)19-17-27(38-23-24-13-15-25(35-5)16-14-24)30(2,3)26(31)22-29(36-6)32(33)18-11-12-28(32)37-20-21-39(7,8)9/h10-11,13-16,18,26-29,34H,1,12,17,19-23H2,2-9H3/t26-,27+,28+,29-,31-,32+,33-/m1/s1. The molecule has 7 atom stereocenters. The fourth-order valence-electron chi connectivity index (χ4n) is 8.20. The summed E-state index contributed by atoms with van der Waals surface area (Å²) in [6.45, 7) is 19.6. The predicted molar refractivity (Wildman–Crippen MR) is 161 cm³/mol. The molecule has 0 unspecified atom stereocenters. The van der Waals surface area contributed by atoms with E-state index in [2.05, 4.69) is 71.3 Å². The Morgan fingerprint density at radius 3 is 2.31 bits per heavy atom. The smallest absolute Gasteiger partial charge is 0.118 e. The average Bonchev–Trinajstić information content (AvgIpc) is 3.31. The van der Waals surface area contributed by atoms with Gasteiger partial charge in [0, 0.05) is 27.2 Å². The summed E-state index contributed by atoms with van der Waals surface area (Å²) < 4.78 is 24.9. The highest BCUT2D eigenvalue weighted by Gasteiger charge is 2.73. The molecule has 0 aliphatic heterocycles. The maximum atomic E-state index is 12.9. The van der Waals surface area contributed by atoms with Gasteiger partial charge in [-0.25, -0.2) is 0 Å². The van der Waals surface area contributed by atoms with Gasteiger partial charge in [0.15, 0.2) is 0 Å².